The van der Waals surface area contributed by atoms with E-state index in [4.69, 9.17) is 5.73 Å². The topological polar surface area (TPSA) is 52.3 Å². The number of methoxy groups -OCH3 is 1. The first-order chi connectivity index (χ1) is 9.01. The predicted octanol–water partition coefficient (Wildman–Crippen LogP) is 3.04. The molecule has 0 aliphatic carbocycles. The van der Waals surface area contributed by atoms with Crippen LogP contribution in [-0.2, 0) is 15.7 Å². The van der Waals surface area contributed by atoms with Gasteiger partial charge in [-0.25, -0.2) is 4.39 Å². The Labute approximate surface area is 113 Å². The van der Waals surface area contributed by atoms with Crippen LogP contribution in [0, 0.1) is 11.2 Å². The Bertz CT molecular complexity index is 512. The summed E-state index contributed by atoms with van der Waals surface area (Å²) < 4.78 is 55.7. The maximum atomic E-state index is 13.8. The minimum absolute atomic E-state index is 0.173. The summed E-state index contributed by atoms with van der Waals surface area (Å²) >= 11 is 0. The highest BCUT2D eigenvalue weighted by Crippen LogP contribution is 2.36. The first-order valence-corrected chi connectivity index (χ1v) is 5.72. The summed E-state index contributed by atoms with van der Waals surface area (Å²) in [6, 6.07) is 0.902. The lowest BCUT2D eigenvalue weighted by Gasteiger charge is -2.29. The Kier molecular flexibility index (Phi) is 4.43. The Balaban J connectivity index is 3.19. The Morgan fingerprint density at radius 1 is 1.30 bits per heavy atom. The zero-order valence-corrected chi connectivity index (χ0v) is 11.2. The van der Waals surface area contributed by atoms with Crippen molar-refractivity contribution in [1.82, 2.24) is 0 Å². The number of carbonyl (C=O) groups is 1. The number of hydrogen-bond donors (Lipinski definition) is 1. The SMILES string of the molecule is COC(=O)C(C)(C)[C@@H](N)c1ccc(C(F)(F)F)cc1F. The van der Waals surface area contributed by atoms with E-state index in [1.54, 1.807) is 0 Å². The second-order valence-corrected chi connectivity index (χ2v) is 4.92. The zero-order chi connectivity index (χ0) is 15.7. The lowest BCUT2D eigenvalue weighted by Crippen LogP contribution is -2.37. The first-order valence-electron chi connectivity index (χ1n) is 5.72. The van der Waals surface area contributed by atoms with Gasteiger partial charge in [0.2, 0.25) is 0 Å². The molecule has 0 aromatic heterocycles. The second kappa shape index (κ2) is 5.40. The van der Waals surface area contributed by atoms with E-state index < -0.39 is 35.0 Å². The predicted molar refractivity (Wildman–Crippen MR) is 64.1 cm³/mol. The van der Waals surface area contributed by atoms with Crippen LogP contribution in [0.5, 0.6) is 0 Å². The van der Waals surface area contributed by atoms with Crippen molar-refractivity contribution in [3.05, 3.63) is 35.1 Å². The van der Waals surface area contributed by atoms with Crippen LogP contribution >= 0.6 is 0 Å². The third kappa shape index (κ3) is 3.09. The fourth-order valence-electron chi connectivity index (χ4n) is 1.73. The highest BCUT2D eigenvalue weighted by atomic mass is 19.4. The third-order valence-electron chi connectivity index (χ3n) is 3.15. The maximum absolute atomic E-state index is 13.8. The fraction of sp³-hybridized carbons (Fsp3) is 0.462. The van der Waals surface area contributed by atoms with E-state index in [2.05, 4.69) is 4.74 Å². The average molecular weight is 293 g/mol. The normalized spacial score (nSPS) is 14.0. The summed E-state index contributed by atoms with van der Waals surface area (Å²) in [6.45, 7) is 2.86. The molecule has 2 N–H and O–H groups in total. The number of halogens is 4. The monoisotopic (exact) mass is 293 g/mol. The van der Waals surface area contributed by atoms with Gasteiger partial charge >= 0.3 is 12.1 Å². The molecule has 1 rings (SSSR count). The van der Waals surface area contributed by atoms with Crippen molar-refractivity contribution < 1.29 is 27.1 Å². The molecule has 0 fully saturated rings. The van der Waals surface area contributed by atoms with Gasteiger partial charge in [-0.15, -0.1) is 0 Å². The number of nitrogens with two attached hydrogens (primary N) is 1. The number of alkyl halides is 3. The number of carbonyl (C=O) groups excluding carboxylic acids is 1. The molecule has 0 spiro atoms. The molecule has 112 valence electrons. The van der Waals surface area contributed by atoms with Crippen LogP contribution in [0.2, 0.25) is 0 Å². The summed E-state index contributed by atoms with van der Waals surface area (Å²) in [5.74, 6) is -1.78. The number of rotatable bonds is 3. The molecule has 1 atom stereocenters. The molecule has 3 nitrogen and oxygen atoms in total. The van der Waals surface area contributed by atoms with Crippen molar-refractivity contribution in [3.63, 3.8) is 0 Å². The molecule has 0 saturated heterocycles. The van der Waals surface area contributed by atoms with Gasteiger partial charge in [0, 0.05) is 11.6 Å². The quantitative estimate of drug-likeness (QED) is 0.688. The van der Waals surface area contributed by atoms with Crippen LogP contribution in [0.15, 0.2) is 18.2 Å². The van der Waals surface area contributed by atoms with Gasteiger partial charge in [-0.2, -0.15) is 13.2 Å². The molecule has 1 aromatic rings. The van der Waals surface area contributed by atoms with Gasteiger partial charge in [-0.05, 0) is 26.0 Å². The van der Waals surface area contributed by atoms with Crippen molar-refractivity contribution in [2.75, 3.05) is 7.11 Å². The summed E-state index contributed by atoms with van der Waals surface area (Å²) in [6.07, 6.45) is -4.64. The van der Waals surface area contributed by atoms with Gasteiger partial charge in [0.25, 0.3) is 0 Å². The molecule has 0 bridgehead atoms. The second-order valence-electron chi connectivity index (χ2n) is 4.92. The Morgan fingerprint density at radius 3 is 2.25 bits per heavy atom. The van der Waals surface area contributed by atoms with Gasteiger partial charge in [-0.3, -0.25) is 4.79 Å². The van der Waals surface area contributed by atoms with Crippen LogP contribution in [0.1, 0.15) is 31.0 Å². The van der Waals surface area contributed by atoms with Crippen molar-refractivity contribution >= 4 is 5.97 Å². The summed E-state index contributed by atoms with van der Waals surface area (Å²) in [7, 11) is 1.15. The minimum atomic E-state index is -4.64. The van der Waals surface area contributed by atoms with Gasteiger partial charge in [0.05, 0.1) is 18.1 Å². The fourth-order valence-corrected chi connectivity index (χ4v) is 1.73. The molecule has 1 aromatic carbocycles. The van der Waals surface area contributed by atoms with Gasteiger partial charge in [0.1, 0.15) is 5.82 Å². The Hall–Kier alpha value is -1.63. The number of hydrogen-bond acceptors (Lipinski definition) is 3. The standard InChI is InChI=1S/C13H15F4NO2/c1-12(2,11(19)20-3)10(18)8-5-4-7(6-9(8)14)13(15,16)17/h4-6,10H,18H2,1-3H3/t10-/m0/s1. The highest BCUT2D eigenvalue weighted by Gasteiger charge is 2.39. The summed E-state index contributed by atoms with van der Waals surface area (Å²) in [4.78, 5) is 11.6. The van der Waals surface area contributed by atoms with Gasteiger partial charge < -0.3 is 10.5 Å². The third-order valence-corrected chi connectivity index (χ3v) is 3.15. The molecular formula is C13H15F4NO2. The van der Waals surface area contributed by atoms with Crippen molar-refractivity contribution in [2.24, 2.45) is 11.1 Å². The molecule has 0 unspecified atom stereocenters. The van der Waals surface area contributed by atoms with Crippen LogP contribution < -0.4 is 5.73 Å². The zero-order valence-electron chi connectivity index (χ0n) is 11.2. The smallest absolute Gasteiger partial charge is 0.416 e. The average Bonchev–Trinajstić information content (AvgIpc) is 2.35. The molecule has 0 saturated carbocycles. The summed E-state index contributed by atoms with van der Waals surface area (Å²) in [5, 5.41) is 0. The van der Waals surface area contributed by atoms with Crippen LogP contribution in [-0.4, -0.2) is 13.1 Å². The molecular weight excluding hydrogens is 278 g/mol. The molecule has 20 heavy (non-hydrogen) atoms. The molecule has 7 heteroatoms. The van der Waals surface area contributed by atoms with E-state index in [9.17, 15) is 22.4 Å². The molecule has 0 heterocycles. The molecule has 0 aliphatic heterocycles. The molecule has 0 radical (unpaired) electrons. The lowest BCUT2D eigenvalue weighted by atomic mass is 9.80. The maximum Gasteiger partial charge on any atom is 0.416 e. The lowest BCUT2D eigenvalue weighted by molar-refractivity contribution is -0.152. The van der Waals surface area contributed by atoms with Crippen molar-refractivity contribution in [2.45, 2.75) is 26.1 Å². The van der Waals surface area contributed by atoms with Crippen molar-refractivity contribution in [1.29, 1.82) is 0 Å². The Morgan fingerprint density at radius 2 is 1.85 bits per heavy atom. The minimum Gasteiger partial charge on any atom is -0.469 e. The number of ether oxygens (including phenoxy) is 1. The van der Waals surface area contributed by atoms with Crippen molar-refractivity contribution in [3.8, 4) is 0 Å². The van der Waals surface area contributed by atoms with E-state index in [0.717, 1.165) is 19.2 Å². The molecule has 0 aliphatic rings. The van der Waals surface area contributed by atoms with Crippen LogP contribution in [0.25, 0.3) is 0 Å². The van der Waals surface area contributed by atoms with E-state index in [-0.39, 0.29) is 5.56 Å². The van der Waals surface area contributed by atoms with Crippen LogP contribution in [0.4, 0.5) is 17.6 Å². The molecule has 0 amide bonds. The van der Waals surface area contributed by atoms with E-state index in [1.807, 2.05) is 0 Å². The van der Waals surface area contributed by atoms with Crippen LogP contribution in [0.3, 0.4) is 0 Å². The van der Waals surface area contributed by atoms with E-state index >= 15 is 0 Å². The van der Waals surface area contributed by atoms with E-state index in [1.165, 1.54) is 13.8 Å². The highest BCUT2D eigenvalue weighted by molar-refractivity contribution is 5.77. The van der Waals surface area contributed by atoms with E-state index in [0.29, 0.717) is 6.07 Å². The number of benzene rings is 1. The van der Waals surface area contributed by atoms with Gasteiger partial charge in [0.15, 0.2) is 0 Å². The summed E-state index contributed by atoms with van der Waals surface area (Å²) in [5.41, 5.74) is 3.24. The van der Waals surface area contributed by atoms with Gasteiger partial charge in [-0.1, -0.05) is 6.07 Å². The number of esters is 1. The largest absolute Gasteiger partial charge is 0.469 e. The first kappa shape index (κ1) is 16.4.